The van der Waals surface area contributed by atoms with Crippen molar-refractivity contribution in [2.45, 2.75) is 20.0 Å². The Bertz CT molecular complexity index is 957. The van der Waals surface area contributed by atoms with Crippen LogP contribution >= 0.6 is 0 Å². The van der Waals surface area contributed by atoms with Crippen molar-refractivity contribution in [3.63, 3.8) is 0 Å². The van der Waals surface area contributed by atoms with Gasteiger partial charge in [-0.05, 0) is 44.2 Å². The number of aryl methyl sites for hydroxylation is 2. The quantitative estimate of drug-likeness (QED) is 0.652. The Labute approximate surface area is 163 Å². The number of carbonyl (C=O) groups is 2. The first-order valence-corrected chi connectivity index (χ1v) is 8.93. The van der Waals surface area contributed by atoms with Gasteiger partial charge in [0.05, 0.1) is 0 Å². The third-order valence-electron chi connectivity index (χ3n) is 4.33. The maximum atomic E-state index is 14.4. The molecule has 0 radical (unpaired) electrons. The van der Waals surface area contributed by atoms with Crippen LogP contribution in [0.15, 0.2) is 72.8 Å². The first-order chi connectivity index (χ1) is 13.4. The molecule has 28 heavy (non-hydrogen) atoms. The molecule has 2 amide bonds. The molecule has 2 N–H and O–H groups in total. The normalized spacial score (nSPS) is 10.6. The van der Waals surface area contributed by atoms with Gasteiger partial charge in [0.2, 0.25) is 0 Å². The van der Waals surface area contributed by atoms with E-state index in [0.717, 1.165) is 11.1 Å². The van der Waals surface area contributed by atoms with Crippen LogP contribution in [-0.2, 0) is 0 Å². The van der Waals surface area contributed by atoms with Gasteiger partial charge in [0.25, 0.3) is 11.8 Å². The zero-order valence-corrected chi connectivity index (χ0v) is 15.7. The van der Waals surface area contributed by atoms with Gasteiger partial charge in [-0.15, -0.1) is 0 Å². The third kappa shape index (κ3) is 4.62. The Morgan fingerprint density at radius 3 is 1.71 bits per heavy atom. The number of hydrogen-bond acceptors (Lipinski definition) is 2. The molecule has 3 rings (SSSR count). The highest BCUT2D eigenvalue weighted by molar-refractivity contribution is 5.97. The van der Waals surface area contributed by atoms with Crippen molar-refractivity contribution < 1.29 is 14.0 Å². The fraction of sp³-hybridized carbons (Fsp3) is 0.130. The molecule has 0 aliphatic heterocycles. The molecule has 3 aromatic carbocycles. The van der Waals surface area contributed by atoms with Crippen LogP contribution in [-0.4, -0.2) is 11.8 Å². The summed E-state index contributed by atoms with van der Waals surface area (Å²) in [6, 6.07) is 20.1. The predicted molar refractivity (Wildman–Crippen MR) is 106 cm³/mol. The van der Waals surface area contributed by atoms with Crippen molar-refractivity contribution in [3.05, 3.63) is 106 Å². The van der Waals surface area contributed by atoms with Gasteiger partial charge in [0, 0.05) is 16.7 Å². The Morgan fingerprint density at radius 1 is 0.750 bits per heavy atom. The summed E-state index contributed by atoms with van der Waals surface area (Å²) in [4.78, 5) is 25.4. The second-order valence-electron chi connectivity index (χ2n) is 6.64. The van der Waals surface area contributed by atoms with Crippen molar-refractivity contribution in [2.24, 2.45) is 0 Å². The van der Waals surface area contributed by atoms with Crippen LogP contribution in [0, 0.1) is 19.7 Å². The van der Waals surface area contributed by atoms with E-state index in [2.05, 4.69) is 10.6 Å². The molecule has 0 aromatic heterocycles. The predicted octanol–water partition coefficient (Wildman–Crippen LogP) is 4.30. The zero-order chi connectivity index (χ0) is 20.1. The maximum absolute atomic E-state index is 14.4. The van der Waals surface area contributed by atoms with Gasteiger partial charge in [0.15, 0.2) is 0 Å². The maximum Gasteiger partial charge on any atom is 0.253 e. The smallest absolute Gasteiger partial charge is 0.253 e. The summed E-state index contributed by atoms with van der Waals surface area (Å²) < 4.78 is 14.4. The molecule has 4 nitrogen and oxygen atoms in total. The minimum absolute atomic E-state index is 0.185. The summed E-state index contributed by atoms with van der Waals surface area (Å²) >= 11 is 0. The van der Waals surface area contributed by atoms with E-state index in [-0.39, 0.29) is 5.56 Å². The molecular formula is C23H21FN2O2. The van der Waals surface area contributed by atoms with E-state index in [0.29, 0.717) is 11.1 Å². The minimum atomic E-state index is -1.01. The first kappa shape index (κ1) is 19.3. The zero-order valence-electron chi connectivity index (χ0n) is 15.7. The molecule has 0 spiro atoms. The highest BCUT2D eigenvalue weighted by Crippen LogP contribution is 2.17. The van der Waals surface area contributed by atoms with Crippen molar-refractivity contribution in [1.29, 1.82) is 0 Å². The van der Waals surface area contributed by atoms with Crippen LogP contribution in [0.4, 0.5) is 4.39 Å². The van der Waals surface area contributed by atoms with Gasteiger partial charge >= 0.3 is 0 Å². The van der Waals surface area contributed by atoms with Gasteiger partial charge in [-0.3, -0.25) is 9.59 Å². The van der Waals surface area contributed by atoms with Gasteiger partial charge in [0.1, 0.15) is 12.0 Å². The second-order valence-corrected chi connectivity index (χ2v) is 6.64. The molecule has 3 aromatic rings. The summed E-state index contributed by atoms with van der Waals surface area (Å²) in [5.41, 5.74) is 2.92. The summed E-state index contributed by atoms with van der Waals surface area (Å²) in [5, 5.41) is 5.44. The van der Waals surface area contributed by atoms with Crippen LogP contribution in [0.25, 0.3) is 0 Å². The minimum Gasteiger partial charge on any atom is -0.328 e. The number of rotatable bonds is 5. The van der Waals surface area contributed by atoms with Gasteiger partial charge < -0.3 is 10.6 Å². The van der Waals surface area contributed by atoms with Crippen molar-refractivity contribution in [2.75, 3.05) is 0 Å². The standard InChI is InChI=1S/C23H21FN2O2/c1-15-7-5-9-17(13-15)22(27)25-21(19-11-3-4-12-20(19)24)26-23(28)18-10-6-8-16(2)14-18/h3-14,21H,1-2H3,(H,25,27)(H,26,28). The third-order valence-corrected chi connectivity index (χ3v) is 4.33. The first-order valence-electron chi connectivity index (χ1n) is 8.93. The summed E-state index contributed by atoms with van der Waals surface area (Å²) in [7, 11) is 0. The summed E-state index contributed by atoms with van der Waals surface area (Å²) in [6.07, 6.45) is -1.01. The number of carbonyl (C=O) groups excluding carboxylic acids is 2. The molecule has 0 unspecified atom stereocenters. The number of halogens is 1. The van der Waals surface area contributed by atoms with Crippen molar-refractivity contribution in [1.82, 2.24) is 10.6 Å². The van der Waals surface area contributed by atoms with Crippen LogP contribution in [0.1, 0.15) is 43.6 Å². The average molecular weight is 376 g/mol. The number of hydrogen-bond donors (Lipinski definition) is 2. The number of amides is 2. The Balaban J connectivity index is 1.88. The highest BCUT2D eigenvalue weighted by atomic mass is 19.1. The van der Waals surface area contributed by atoms with Gasteiger partial charge in [-0.1, -0.05) is 53.6 Å². The average Bonchev–Trinajstić information content (AvgIpc) is 2.68. The monoisotopic (exact) mass is 376 g/mol. The Morgan fingerprint density at radius 2 is 1.25 bits per heavy atom. The van der Waals surface area contributed by atoms with E-state index >= 15 is 0 Å². The molecule has 0 fully saturated rings. The summed E-state index contributed by atoms with van der Waals surface area (Å²) in [6.45, 7) is 3.76. The van der Waals surface area contributed by atoms with Crippen molar-refractivity contribution in [3.8, 4) is 0 Å². The van der Waals surface area contributed by atoms with E-state index in [4.69, 9.17) is 0 Å². The Hall–Kier alpha value is -3.47. The molecule has 0 bridgehead atoms. The molecule has 0 saturated carbocycles. The lowest BCUT2D eigenvalue weighted by Crippen LogP contribution is -2.41. The Kier molecular flexibility index (Phi) is 5.84. The number of benzene rings is 3. The lowest BCUT2D eigenvalue weighted by molar-refractivity contribution is 0.0882. The fourth-order valence-corrected chi connectivity index (χ4v) is 2.90. The lowest BCUT2D eigenvalue weighted by Gasteiger charge is -2.21. The van der Waals surface area contributed by atoms with Crippen LogP contribution in [0.5, 0.6) is 0 Å². The molecule has 0 heterocycles. The van der Waals surface area contributed by atoms with Crippen LogP contribution in [0.3, 0.4) is 0 Å². The van der Waals surface area contributed by atoms with Gasteiger partial charge in [-0.2, -0.15) is 0 Å². The highest BCUT2D eigenvalue weighted by Gasteiger charge is 2.21. The van der Waals surface area contributed by atoms with Gasteiger partial charge in [-0.25, -0.2) is 4.39 Å². The van der Waals surface area contributed by atoms with E-state index in [1.165, 1.54) is 12.1 Å². The lowest BCUT2D eigenvalue weighted by atomic mass is 10.1. The number of nitrogens with one attached hydrogen (secondary N) is 2. The SMILES string of the molecule is Cc1cccc(C(=O)NC(NC(=O)c2cccc(C)c2)c2ccccc2F)c1. The fourth-order valence-electron chi connectivity index (χ4n) is 2.90. The second kappa shape index (κ2) is 8.48. The molecule has 0 aliphatic carbocycles. The van der Waals surface area contributed by atoms with Crippen LogP contribution in [0.2, 0.25) is 0 Å². The largest absolute Gasteiger partial charge is 0.328 e. The molecule has 142 valence electrons. The molecule has 0 saturated heterocycles. The summed E-state index contributed by atoms with van der Waals surface area (Å²) in [5.74, 6) is -1.32. The topological polar surface area (TPSA) is 58.2 Å². The van der Waals surface area contributed by atoms with E-state index in [1.807, 2.05) is 26.0 Å². The van der Waals surface area contributed by atoms with Crippen molar-refractivity contribution >= 4 is 11.8 Å². The molecule has 0 aliphatic rings. The van der Waals surface area contributed by atoms with E-state index in [1.54, 1.807) is 48.5 Å². The molecule has 0 atom stereocenters. The van der Waals surface area contributed by atoms with E-state index < -0.39 is 23.8 Å². The van der Waals surface area contributed by atoms with Crippen LogP contribution < -0.4 is 10.6 Å². The molecular weight excluding hydrogens is 355 g/mol. The molecule has 5 heteroatoms. The van der Waals surface area contributed by atoms with E-state index in [9.17, 15) is 14.0 Å².